The van der Waals surface area contributed by atoms with Gasteiger partial charge in [0.25, 0.3) is 0 Å². The molecule has 1 N–H and O–H groups in total. The molecule has 0 bridgehead atoms. The molecule has 108 valence electrons. The summed E-state index contributed by atoms with van der Waals surface area (Å²) in [6.07, 6.45) is 4.05. The second kappa shape index (κ2) is 6.10. The van der Waals surface area contributed by atoms with E-state index in [1.165, 1.54) is 11.1 Å². The van der Waals surface area contributed by atoms with Crippen LogP contribution in [0.5, 0.6) is 0 Å². The second-order valence-corrected chi connectivity index (χ2v) is 7.04. The molecule has 0 aliphatic heterocycles. The van der Waals surface area contributed by atoms with Crippen molar-refractivity contribution >= 4 is 15.9 Å². The number of rotatable bonds is 4. The van der Waals surface area contributed by atoms with Crippen molar-refractivity contribution in [3.8, 4) is 0 Å². The van der Waals surface area contributed by atoms with Crippen molar-refractivity contribution in [2.24, 2.45) is 0 Å². The van der Waals surface area contributed by atoms with Crippen molar-refractivity contribution in [1.82, 2.24) is 15.1 Å². The van der Waals surface area contributed by atoms with Gasteiger partial charge in [0.05, 0.1) is 11.7 Å². The van der Waals surface area contributed by atoms with Gasteiger partial charge in [0.15, 0.2) is 0 Å². The van der Waals surface area contributed by atoms with E-state index in [9.17, 15) is 0 Å². The summed E-state index contributed by atoms with van der Waals surface area (Å²) < 4.78 is 3.12. The van der Waals surface area contributed by atoms with Gasteiger partial charge >= 0.3 is 0 Å². The first-order valence-electron chi connectivity index (χ1n) is 6.89. The number of aromatic nitrogens is 2. The summed E-state index contributed by atoms with van der Waals surface area (Å²) >= 11 is 3.51. The van der Waals surface area contributed by atoms with Gasteiger partial charge in [-0.1, -0.05) is 28.1 Å². The summed E-state index contributed by atoms with van der Waals surface area (Å²) in [4.78, 5) is 0. The quantitative estimate of drug-likeness (QED) is 0.904. The average molecular weight is 336 g/mol. The third kappa shape index (κ3) is 3.93. The van der Waals surface area contributed by atoms with Crippen molar-refractivity contribution in [2.45, 2.75) is 45.8 Å². The lowest BCUT2D eigenvalue weighted by Gasteiger charge is -2.18. The van der Waals surface area contributed by atoms with Crippen molar-refractivity contribution < 1.29 is 0 Å². The molecule has 0 aliphatic rings. The third-order valence-corrected chi connectivity index (χ3v) is 3.78. The van der Waals surface area contributed by atoms with Gasteiger partial charge in [-0.25, -0.2) is 0 Å². The molecule has 1 heterocycles. The highest BCUT2D eigenvalue weighted by Crippen LogP contribution is 2.18. The van der Waals surface area contributed by atoms with Crippen LogP contribution in [-0.4, -0.2) is 9.78 Å². The fourth-order valence-electron chi connectivity index (χ4n) is 1.98. The zero-order chi connectivity index (χ0) is 14.8. The number of hydrogen-bond donors (Lipinski definition) is 1. The molecule has 1 aromatic heterocycles. The van der Waals surface area contributed by atoms with Crippen LogP contribution in [0.15, 0.2) is 41.1 Å². The van der Waals surface area contributed by atoms with Crippen LogP contribution in [0.3, 0.4) is 0 Å². The Labute approximate surface area is 129 Å². The lowest BCUT2D eigenvalue weighted by Crippen LogP contribution is -2.22. The molecule has 0 unspecified atom stereocenters. The van der Waals surface area contributed by atoms with Crippen LogP contribution in [-0.2, 0) is 12.1 Å². The first kappa shape index (κ1) is 15.3. The minimum atomic E-state index is 0.0359. The van der Waals surface area contributed by atoms with Crippen molar-refractivity contribution in [3.05, 3.63) is 52.3 Å². The van der Waals surface area contributed by atoms with Crippen molar-refractivity contribution in [1.29, 1.82) is 0 Å². The molecule has 2 aromatic rings. The summed E-state index contributed by atoms with van der Waals surface area (Å²) in [5.41, 5.74) is 2.53. The van der Waals surface area contributed by atoms with E-state index in [0.717, 1.165) is 11.0 Å². The Bertz CT molecular complexity index is 569. The van der Waals surface area contributed by atoms with Crippen LogP contribution < -0.4 is 5.32 Å². The topological polar surface area (TPSA) is 29.9 Å². The van der Waals surface area contributed by atoms with E-state index in [1.54, 1.807) is 0 Å². The molecule has 1 aromatic carbocycles. The number of halogens is 1. The van der Waals surface area contributed by atoms with Gasteiger partial charge in [-0.2, -0.15) is 5.10 Å². The predicted molar refractivity (Wildman–Crippen MR) is 86.6 cm³/mol. The zero-order valence-electron chi connectivity index (χ0n) is 12.5. The molecular formula is C16H22BrN3. The van der Waals surface area contributed by atoms with Crippen LogP contribution in [0.2, 0.25) is 0 Å². The zero-order valence-corrected chi connectivity index (χ0v) is 14.1. The standard InChI is InChI=1S/C16H22BrN3/c1-12(14-6-5-7-15(17)8-14)18-9-13-10-19-20(11-13)16(2,3)4/h5-8,10-12,18H,9H2,1-4H3/t12-/m1/s1. The highest BCUT2D eigenvalue weighted by Gasteiger charge is 2.14. The van der Waals surface area contributed by atoms with E-state index in [4.69, 9.17) is 0 Å². The summed E-state index contributed by atoms with van der Waals surface area (Å²) in [5, 5.41) is 7.95. The average Bonchev–Trinajstić information content (AvgIpc) is 2.84. The summed E-state index contributed by atoms with van der Waals surface area (Å²) in [6.45, 7) is 9.46. The van der Waals surface area contributed by atoms with Gasteiger partial charge in [-0.3, -0.25) is 4.68 Å². The monoisotopic (exact) mass is 335 g/mol. The summed E-state index contributed by atoms with van der Waals surface area (Å²) in [5.74, 6) is 0. The van der Waals surface area contributed by atoms with Gasteiger partial charge < -0.3 is 5.32 Å². The van der Waals surface area contributed by atoms with E-state index >= 15 is 0 Å². The van der Waals surface area contributed by atoms with E-state index in [-0.39, 0.29) is 5.54 Å². The molecule has 0 fully saturated rings. The molecule has 0 radical (unpaired) electrons. The van der Waals surface area contributed by atoms with Gasteiger partial charge in [-0.15, -0.1) is 0 Å². The number of hydrogen-bond acceptors (Lipinski definition) is 2. The fraction of sp³-hybridized carbons (Fsp3) is 0.438. The first-order valence-corrected chi connectivity index (χ1v) is 7.68. The maximum atomic E-state index is 4.42. The maximum absolute atomic E-state index is 4.42. The van der Waals surface area contributed by atoms with E-state index in [1.807, 2.05) is 16.9 Å². The van der Waals surface area contributed by atoms with Crippen molar-refractivity contribution in [3.63, 3.8) is 0 Å². The van der Waals surface area contributed by atoms with Crippen LogP contribution in [0, 0.1) is 0 Å². The highest BCUT2D eigenvalue weighted by atomic mass is 79.9. The maximum Gasteiger partial charge on any atom is 0.0543 e. The van der Waals surface area contributed by atoms with Gasteiger partial charge in [0.2, 0.25) is 0 Å². The lowest BCUT2D eigenvalue weighted by molar-refractivity contribution is 0.355. The van der Waals surface area contributed by atoms with Crippen LogP contribution in [0.25, 0.3) is 0 Å². The number of nitrogens with zero attached hydrogens (tertiary/aromatic N) is 2. The van der Waals surface area contributed by atoms with Crippen LogP contribution in [0.1, 0.15) is 44.9 Å². The van der Waals surface area contributed by atoms with E-state index < -0.39 is 0 Å². The predicted octanol–water partition coefficient (Wildman–Crippen LogP) is 4.25. The van der Waals surface area contributed by atoms with Gasteiger partial charge in [-0.05, 0) is 45.4 Å². The highest BCUT2D eigenvalue weighted by molar-refractivity contribution is 9.10. The fourth-order valence-corrected chi connectivity index (χ4v) is 2.40. The van der Waals surface area contributed by atoms with Gasteiger partial charge in [0, 0.05) is 28.8 Å². The number of benzene rings is 1. The molecule has 4 heteroatoms. The molecule has 3 nitrogen and oxygen atoms in total. The molecule has 0 saturated heterocycles. The first-order chi connectivity index (χ1) is 9.36. The van der Waals surface area contributed by atoms with E-state index in [2.05, 4.69) is 78.4 Å². The Balaban J connectivity index is 1.97. The smallest absolute Gasteiger partial charge is 0.0543 e. The summed E-state index contributed by atoms with van der Waals surface area (Å²) in [6, 6.07) is 8.71. The Hall–Kier alpha value is -1.13. The Kier molecular flexibility index (Phi) is 4.66. The lowest BCUT2D eigenvalue weighted by atomic mass is 10.1. The molecule has 1 atom stereocenters. The van der Waals surface area contributed by atoms with Gasteiger partial charge in [0.1, 0.15) is 0 Å². The third-order valence-electron chi connectivity index (χ3n) is 3.28. The Morgan fingerprint density at radius 3 is 2.70 bits per heavy atom. The van der Waals surface area contributed by atoms with Crippen molar-refractivity contribution in [2.75, 3.05) is 0 Å². The van der Waals surface area contributed by atoms with Crippen LogP contribution in [0.4, 0.5) is 0 Å². The molecule has 0 amide bonds. The van der Waals surface area contributed by atoms with Crippen LogP contribution >= 0.6 is 15.9 Å². The Morgan fingerprint density at radius 2 is 2.10 bits per heavy atom. The minimum Gasteiger partial charge on any atom is -0.306 e. The SMILES string of the molecule is C[C@@H](NCc1cnn(C(C)(C)C)c1)c1cccc(Br)c1. The minimum absolute atomic E-state index is 0.0359. The molecule has 20 heavy (non-hydrogen) atoms. The molecule has 0 aliphatic carbocycles. The normalized spacial score (nSPS) is 13.4. The Morgan fingerprint density at radius 1 is 1.35 bits per heavy atom. The molecule has 0 spiro atoms. The molecule has 2 rings (SSSR count). The largest absolute Gasteiger partial charge is 0.306 e. The second-order valence-electron chi connectivity index (χ2n) is 6.12. The number of nitrogens with one attached hydrogen (secondary N) is 1. The summed E-state index contributed by atoms with van der Waals surface area (Å²) in [7, 11) is 0. The molecule has 0 saturated carbocycles. The molecular weight excluding hydrogens is 314 g/mol. The van der Waals surface area contributed by atoms with E-state index in [0.29, 0.717) is 6.04 Å².